The van der Waals surface area contributed by atoms with E-state index in [1.54, 1.807) is 11.3 Å². The van der Waals surface area contributed by atoms with Crippen LogP contribution in [0, 0.1) is 0 Å². The van der Waals surface area contributed by atoms with Crippen LogP contribution in [0.15, 0.2) is 29.6 Å². The van der Waals surface area contributed by atoms with Crippen molar-refractivity contribution in [1.82, 2.24) is 0 Å². The maximum Gasteiger partial charge on any atom is 0.0664 e. The zero-order chi connectivity index (χ0) is 11.4. The Kier molecular flexibility index (Phi) is 3.80. The Hall–Kier alpha value is -1.06. The Balaban J connectivity index is 2.03. The summed E-state index contributed by atoms with van der Waals surface area (Å²) < 4.78 is 6.72. The first-order valence-corrected chi connectivity index (χ1v) is 6.49. The van der Waals surface area contributed by atoms with Gasteiger partial charge >= 0.3 is 0 Å². The first kappa shape index (κ1) is 11.4. The standard InChI is InChI=1S/C13H17NOS/c1-3-15-9-10(2)14-12-4-5-13-11(8-12)6-7-16-13/h4-8,10,14H,3,9H2,1-2H3. The molecule has 0 fully saturated rings. The van der Waals surface area contributed by atoms with Gasteiger partial charge in [-0.1, -0.05) is 0 Å². The molecular formula is C13H17NOS. The molecular weight excluding hydrogens is 218 g/mol. The second-order valence-corrected chi connectivity index (χ2v) is 4.83. The topological polar surface area (TPSA) is 21.3 Å². The van der Waals surface area contributed by atoms with Crippen molar-refractivity contribution >= 4 is 27.1 Å². The quantitative estimate of drug-likeness (QED) is 0.852. The normalized spacial score (nSPS) is 12.9. The summed E-state index contributed by atoms with van der Waals surface area (Å²) in [6, 6.07) is 8.97. The number of anilines is 1. The van der Waals surface area contributed by atoms with Crippen molar-refractivity contribution in [2.75, 3.05) is 18.5 Å². The van der Waals surface area contributed by atoms with E-state index in [0.717, 1.165) is 18.9 Å². The molecule has 1 atom stereocenters. The van der Waals surface area contributed by atoms with Gasteiger partial charge in [0, 0.05) is 23.0 Å². The lowest BCUT2D eigenvalue weighted by atomic mass is 10.2. The zero-order valence-electron chi connectivity index (χ0n) is 9.69. The molecule has 0 bridgehead atoms. The van der Waals surface area contributed by atoms with Crippen LogP contribution in [0.25, 0.3) is 10.1 Å². The molecule has 2 rings (SSSR count). The van der Waals surface area contributed by atoms with Gasteiger partial charge in [0.25, 0.3) is 0 Å². The second kappa shape index (κ2) is 5.32. The highest BCUT2D eigenvalue weighted by Gasteiger charge is 2.02. The van der Waals surface area contributed by atoms with Crippen molar-refractivity contribution in [3.05, 3.63) is 29.6 Å². The van der Waals surface area contributed by atoms with Crippen molar-refractivity contribution in [2.24, 2.45) is 0 Å². The largest absolute Gasteiger partial charge is 0.380 e. The number of thiophene rings is 1. The number of nitrogens with one attached hydrogen (secondary N) is 1. The molecule has 0 radical (unpaired) electrons. The van der Waals surface area contributed by atoms with Gasteiger partial charge in [-0.3, -0.25) is 0 Å². The van der Waals surface area contributed by atoms with Gasteiger partial charge in [0.1, 0.15) is 0 Å². The lowest BCUT2D eigenvalue weighted by molar-refractivity contribution is 0.141. The fraction of sp³-hybridized carbons (Fsp3) is 0.385. The molecule has 0 aliphatic rings. The highest BCUT2D eigenvalue weighted by Crippen LogP contribution is 2.24. The van der Waals surface area contributed by atoms with E-state index in [2.05, 4.69) is 41.9 Å². The van der Waals surface area contributed by atoms with Crippen LogP contribution in [0.3, 0.4) is 0 Å². The molecule has 0 amide bonds. The molecule has 0 saturated carbocycles. The summed E-state index contributed by atoms with van der Waals surface area (Å²) in [7, 11) is 0. The summed E-state index contributed by atoms with van der Waals surface area (Å²) in [5.41, 5.74) is 1.16. The van der Waals surface area contributed by atoms with E-state index in [9.17, 15) is 0 Å². The third-order valence-corrected chi connectivity index (χ3v) is 3.34. The van der Waals surface area contributed by atoms with Crippen LogP contribution in [-0.2, 0) is 4.74 Å². The Morgan fingerprint density at radius 3 is 3.06 bits per heavy atom. The van der Waals surface area contributed by atoms with E-state index >= 15 is 0 Å². The lowest BCUT2D eigenvalue weighted by Crippen LogP contribution is -2.21. The monoisotopic (exact) mass is 235 g/mol. The van der Waals surface area contributed by atoms with Gasteiger partial charge in [-0.05, 0) is 48.9 Å². The molecule has 2 aromatic rings. The van der Waals surface area contributed by atoms with Crippen LogP contribution in [0.4, 0.5) is 5.69 Å². The number of hydrogen-bond donors (Lipinski definition) is 1. The fourth-order valence-electron chi connectivity index (χ4n) is 1.68. The average Bonchev–Trinajstić information content (AvgIpc) is 2.73. The first-order valence-electron chi connectivity index (χ1n) is 5.61. The Morgan fingerprint density at radius 1 is 1.38 bits per heavy atom. The van der Waals surface area contributed by atoms with Gasteiger partial charge in [-0.15, -0.1) is 11.3 Å². The number of rotatable bonds is 5. The van der Waals surface area contributed by atoms with E-state index in [1.165, 1.54) is 10.1 Å². The fourth-order valence-corrected chi connectivity index (χ4v) is 2.45. The van der Waals surface area contributed by atoms with Crippen LogP contribution in [-0.4, -0.2) is 19.3 Å². The minimum absolute atomic E-state index is 0.344. The van der Waals surface area contributed by atoms with Gasteiger partial charge in [0.2, 0.25) is 0 Å². The molecule has 0 saturated heterocycles. The summed E-state index contributed by atoms with van der Waals surface area (Å²) in [6.07, 6.45) is 0. The Labute approximate surface area is 100 Å². The zero-order valence-corrected chi connectivity index (χ0v) is 10.5. The smallest absolute Gasteiger partial charge is 0.0664 e. The molecule has 2 nitrogen and oxygen atoms in total. The van der Waals surface area contributed by atoms with Gasteiger partial charge in [-0.25, -0.2) is 0 Å². The van der Waals surface area contributed by atoms with Gasteiger partial charge in [0.15, 0.2) is 0 Å². The SMILES string of the molecule is CCOCC(C)Nc1ccc2sccc2c1. The van der Waals surface area contributed by atoms with Crippen molar-refractivity contribution in [3.8, 4) is 0 Å². The van der Waals surface area contributed by atoms with E-state index in [-0.39, 0.29) is 0 Å². The van der Waals surface area contributed by atoms with Crippen molar-refractivity contribution in [3.63, 3.8) is 0 Å². The van der Waals surface area contributed by atoms with Crippen LogP contribution >= 0.6 is 11.3 Å². The lowest BCUT2D eigenvalue weighted by Gasteiger charge is -2.14. The van der Waals surface area contributed by atoms with E-state index < -0.39 is 0 Å². The van der Waals surface area contributed by atoms with Crippen LogP contribution in [0.2, 0.25) is 0 Å². The Bertz CT molecular complexity index is 452. The van der Waals surface area contributed by atoms with Crippen LogP contribution < -0.4 is 5.32 Å². The summed E-state index contributed by atoms with van der Waals surface area (Å²) >= 11 is 1.78. The molecule has 16 heavy (non-hydrogen) atoms. The molecule has 1 aromatic carbocycles. The molecule has 1 heterocycles. The van der Waals surface area contributed by atoms with Gasteiger partial charge in [0.05, 0.1) is 6.61 Å². The highest BCUT2D eigenvalue weighted by atomic mass is 32.1. The minimum Gasteiger partial charge on any atom is -0.380 e. The number of hydrogen-bond acceptors (Lipinski definition) is 3. The molecule has 1 aromatic heterocycles. The van der Waals surface area contributed by atoms with E-state index in [1.807, 2.05) is 6.92 Å². The van der Waals surface area contributed by atoms with Crippen molar-refractivity contribution in [2.45, 2.75) is 19.9 Å². The number of benzene rings is 1. The third-order valence-electron chi connectivity index (χ3n) is 2.44. The Morgan fingerprint density at radius 2 is 2.25 bits per heavy atom. The minimum atomic E-state index is 0.344. The summed E-state index contributed by atoms with van der Waals surface area (Å²) in [6.45, 7) is 5.67. The first-order chi connectivity index (χ1) is 7.79. The molecule has 0 aliphatic heterocycles. The molecule has 1 N–H and O–H groups in total. The van der Waals surface area contributed by atoms with E-state index in [0.29, 0.717) is 6.04 Å². The predicted molar refractivity (Wildman–Crippen MR) is 71.4 cm³/mol. The average molecular weight is 235 g/mol. The highest BCUT2D eigenvalue weighted by molar-refractivity contribution is 7.17. The molecule has 1 unspecified atom stereocenters. The van der Waals surface area contributed by atoms with Crippen LogP contribution in [0.5, 0.6) is 0 Å². The van der Waals surface area contributed by atoms with Gasteiger partial charge in [-0.2, -0.15) is 0 Å². The van der Waals surface area contributed by atoms with Crippen molar-refractivity contribution in [1.29, 1.82) is 0 Å². The second-order valence-electron chi connectivity index (χ2n) is 3.88. The van der Waals surface area contributed by atoms with Gasteiger partial charge < -0.3 is 10.1 Å². The third kappa shape index (κ3) is 2.74. The van der Waals surface area contributed by atoms with E-state index in [4.69, 9.17) is 4.74 Å². The molecule has 0 spiro atoms. The predicted octanol–water partition coefficient (Wildman–Crippen LogP) is 3.74. The van der Waals surface area contributed by atoms with Crippen molar-refractivity contribution < 1.29 is 4.74 Å². The molecule has 86 valence electrons. The number of fused-ring (bicyclic) bond motifs is 1. The maximum absolute atomic E-state index is 5.38. The summed E-state index contributed by atoms with van der Waals surface area (Å²) in [5.74, 6) is 0. The van der Waals surface area contributed by atoms with Crippen LogP contribution in [0.1, 0.15) is 13.8 Å². The number of ether oxygens (including phenoxy) is 1. The summed E-state index contributed by atoms with van der Waals surface area (Å²) in [5, 5.41) is 6.87. The molecule has 3 heteroatoms. The maximum atomic E-state index is 5.38. The molecule has 0 aliphatic carbocycles. The summed E-state index contributed by atoms with van der Waals surface area (Å²) in [4.78, 5) is 0.